The summed E-state index contributed by atoms with van der Waals surface area (Å²) in [5.41, 5.74) is 1.30. The zero-order chi connectivity index (χ0) is 17.2. The van der Waals surface area contributed by atoms with Crippen LogP contribution in [-0.4, -0.2) is 58.3 Å². The van der Waals surface area contributed by atoms with E-state index in [-0.39, 0.29) is 24.0 Å². The second kappa shape index (κ2) is 12.5. The number of guanidine groups is 1. The topological polar surface area (TPSA) is 48.9 Å². The Bertz CT molecular complexity index is 491. The average molecular weight is 460 g/mol. The van der Waals surface area contributed by atoms with Gasteiger partial charge >= 0.3 is 0 Å². The average Bonchev–Trinajstić information content (AvgIpc) is 3.41. The van der Waals surface area contributed by atoms with Crippen LogP contribution in [0, 0.1) is 5.92 Å². The normalized spacial score (nSPS) is 15.6. The fraction of sp³-hybridized carbons (Fsp3) is 0.632. The number of aliphatic imine (C=N–C) groups is 1. The van der Waals surface area contributed by atoms with Crippen LogP contribution in [0.5, 0.6) is 0 Å². The first kappa shape index (κ1) is 22.2. The third kappa shape index (κ3) is 8.87. The highest BCUT2D eigenvalue weighted by Gasteiger charge is 2.20. The monoisotopic (exact) mass is 460 g/mol. The van der Waals surface area contributed by atoms with Crippen LogP contribution in [0.15, 0.2) is 35.3 Å². The van der Waals surface area contributed by atoms with Gasteiger partial charge < -0.3 is 20.3 Å². The molecule has 1 aliphatic carbocycles. The first-order valence-corrected chi connectivity index (χ1v) is 8.94. The first-order chi connectivity index (χ1) is 11.7. The van der Waals surface area contributed by atoms with Crippen molar-refractivity contribution in [2.24, 2.45) is 10.9 Å². The minimum Gasteiger partial charge on any atom is -0.381 e. The summed E-state index contributed by atoms with van der Waals surface area (Å²) < 4.78 is 5.65. The molecule has 0 spiro atoms. The van der Waals surface area contributed by atoms with Gasteiger partial charge in [0.25, 0.3) is 0 Å². The molecular formula is C19H33IN4O. The van der Waals surface area contributed by atoms with Gasteiger partial charge in [0.1, 0.15) is 0 Å². The molecule has 0 aromatic heterocycles. The van der Waals surface area contributed by atoms with E-state index >= 15 is 0 Å². The summed E-state index contributed by atoms with van der Waals surface area (Å²) in [6.07, 6.45) is 3.70. The summed E-state index contributed by atoms with van der Waals surface area (Å²) in [6, 6.07) is 10.9. The van der Waals surface area contributed by atoms with Crippen LogP contribution in [0.3, 0.4) is 0 Å². The van der Waals surface area contributed by atoms with Crippen LogP contribution >= 0.6 is 24.0 Å². The SMILES string of the molecule is CN=C(NCCCOCC1CC1)NCC(c1ccccc1)N(C)C.I. The predicted octanol–water partition coefficient (Wildman–Crippen LogP) is 2.89. The number of nitrogens with zero attached hydrogens (tertiary/aromatic N) is 2. The smallest absolute Gasteiger partial charge is 0.191 e. The lowest BCUT2D eigenvalue weighted by molar-refractivity contribution is 0.123. The van der Waals surface area contributed by atoms with E-state index in [9.17, 15) is 0 Å². The Hall–Kier alpha value is -0.860. The number of likely N-dealkylation sites (N-methyl/N-ethyl adjacent to an activating group) is 1. The molecule has 0 bridgehead atoms. The summed E-state index contributed by atoms with van der Waals surface area (Å²) in [5.74, 6) is 1.69. The Morgan fingerprint density at radius 1 is 1.24 bits per heavy atom. The largest absolute Gasteiger partial charge is 0.381 e. The molecule has 142 valence electrons. The van der Waals surface area contributed by atoms with E-state index in [1.54, 1.807) is 0 Å². The fourth-order valence-corrected chi connectivity index (χ4v) is 2.60. The van der Waals surface area contributed by atoms with Crippen LogP contribution in [0.2, 0.25) is 0 Å². The molecule has 1 saturated carbocycles. The molecule has 2 N–H and O–H groups in total. The van der Waals surface area contributed by atoms with Crippen molar-refractivity contribution in [3.63, 3.8) is 0 Å². The first-order valence-electron chi connectivity index (χ1n) is 8.94. The third-order valence-electron chi connectivity index (χ3n) is 4.30. The van der Waals surface area contributed by atoms with Crippen LogP contribution < -0.4 is 10.6 Å². The molecular weight excluding hydrogens is 427 g/mol. The fourth-order valence-electron chi connectivity index (χ4n) is 2.60. The van der Waals surface area contributed by atoms with Gasteiger partial charge in [-0.1, -0.05) is 30.3 Å². The summed E-state index contributed by atoms with van der Waals surface area (Å²) in [6.45, 7) is 3.45. The molecule has 2 rings (SSSR count). The third-order valence-corrected chi connectivity index (χ3v) is 4.30. The minimum absolute atomic E-state index is 0. The highest BCUT2D eigenvalue weighted by Crippen LogP contribution is 2.28. The molecule has 1 aromatic carbocycles. The van der Waals surface area contributed by atoms with Gasteiger partial charge in [-0.2, -0.15) is 0 Å². The zero-order valence-corrected chi connectivity index (χ0v) is 18.0. The van der Waals surface area contributed by atoms with Crippen LogP contribution in [0.25, 0.3) is 0 Å². The lowest BCUT2D eigenvalue weighted by Gasteiger charge is -2.26. The van der Waals surface area contributed by atoms with Crippen molar-refractivity contribution in [2.75, 3.05) is 47.4 Å². The number of benzene rings is 1. The molecule has 25 heavy (non-hydrogen) atoms. The van der Waals surface area contributed by atoms with Crippen molar-refractivity contribution in [3.8, 4) is 0 Å². The van der Waals surface area contributed by atoms with Gasteiger partial charge in [-0.25, -0.2) is 0 Å². The highest BCUT2D eigenvalue weighted by atomic mass is 127. The maximum atomic E-state index is 5.65. The minimum atomic E-state index is 0. The molecule has 1 atom stereocenters. The standard InChI is InChI=1S/C19H32N4O.HI/c1-20-19(21-12-7-13-24-15-16-10-11-16)22-14-18(23(2)3)17-8-5-4-6-9-17;/h4-6,8-9,16,18H,7,10-15H2,1-3H3,(H2,20,21,22);1H. The Balaban J connectivity index is 0.00000312. The van der Waals surface area contributed by atoms with Gasteiger partial charge in [-0.05, 0) is 44.8 Å². The molecule has 0 aliphatic heterocycles. The summed E-state index contributed by atoms with van der Waals surface area (Å²) in [4.78, 5) is 6.53. The second-order valence-electron chi connectivity index (χ2n) is 6.64. The van der Waals surface area contributed by atoms with E-state index < -0.39 is 0 Å². The molecule has 0 amide bonds. The number of halogens is 1. The summed E-state index contributed by atoms with van der Waals surface area (Å²) in [7, 11) is 6.02. The lowest BCUT2D eigenvalue weighted by Crippen LogP contribution is -2.42. The number of ether oxygens (including phenoxy) is 1. The number of hydrogen-bond donors (Lipinski definition) is 2. The van der Waals surface area contributed by atoms with E-state index in [1.807, 2.05) is 7.05 Å². The van der Waals surface area contributed by atoms with Gasteiger partial charge in [-0.3, -0.25) is 4.99 Å². The quantitative estimate of drug-likeness (QED) is 0.244. The molecule has 6 heteroatoms. The molecule has 0 heterocycles. The van der Waals surface area contributed by atoms with Crippen molar-refractivity contribution in [1.29, 1.82) is 0 Å². The van der Waals surface area contributed by atoms with Crippen molar-refractivity contribution in [3.05, 3.63) is 35.9 Å². The van der Waals surface area contributed by atoms with Gasteiger partial charge in [0.05, 0.1) is 6.04 Å². The van der Waals surface area contributed by atoms with Crippen molar-refractivity contribution in [2.45, 2.75) is 25.3 Å². The predicted molar refractivity (Wildman–Crippen MR) is 116 cm³/mol. The van der Waals surface area contributed by atoms with E-state index in [0.717, 1.165) is 44.6 Å². The van der Waals surface area contributed by atoms with Crippen molar-refractivity contribution >= 4 is 29.9 Å². The Morgan fingerprint density at radius 3 is 2.56 bits per heavy atom. The molecule has 5 nitrogen and oxygen atoms in total. The van der Waals surface area contributed by atoms with Gasteiger partial charge in [0, 0.05) is 33.4 Å². The zero-order valence-electron chi connectivity index (χ0n) is 15.7. The number of nitrogens with one attached hydrogen (secondary N) is 2. The van der Waals surface area contributed by atoms with E-state index in [1.165, 1.54) is 18.4 Å². The van der Waals surface area contributed by atoms with Gasteiger partial charge in [0.2, 0.25) is 0 Å². The molecule has 1 aromatic rings. The van der Waals surface area contributed by atoms with Crippen LogP contribution in [-0.2, 0) is 4.74 Å². The van der Waals surface area contributed by atoms with Gasteiger partial charge in [-0.15, -0.1) is 24.0 Å². The van der Waals surface area contributed by atoms with Crippen LogP contribution in [0.1, 0.15) is 30.9 Å². The number of rotatable bonds is 10. The summed E-state index contributed by atoms with van der Waals surface area (Å²) >= 11 is 0. The van der Waals surface area contributed by atoms with Crippen molar-refractivity contribution in [1.82, 2.24) is 15.5 Å². The molecule has 1 aliphatic rings. The highest BCUT2D eigenvalue weighted by molar-refractivity contribution is 14.0. The van der Waals surface area contributed by atoms with E-state index in [0.29, 0.717) is 6.04 Å². The van der Waals surface area contributed by atoms with Crippen LogP contribution in [0.4, 0.5) is 0 Å². The summed E-state index contributed by atoms with van der Waals surface area (Å²) in [5, 5.41) is 6.78. The van der Waals surface area contributed by atoms with E-state index in [2.05, 4.69) is 65.0 Å². The Labute approximate surface area is 169 Å². The van der Waals surface area contributed by atoms with Crippen molar-refractivity contribution < 1.29 is 4.74 Å². The van der Waals surface area contributed by atoms with Gasteiger partial charge in [0.15, 0.2) is 5.96 Å². The second-order valence-corrected chi connectivity index (χ2v) is 6.64. The Kier molecular flexibility index (Phi) is 11.1. The lowest BCUT2D eigenvalue weighted by atomic mass is 10.1. The molecule has 0 radical (unpaired) electrons. The Morgan fingerprint density at radius 2 is 1.96 bits per heavy atom. The molecule has 1 fully saturated rings. The molecule has 0 saturated heterocycles. The van der Waals surface area contributed by atoms with E-state index in [4.69, 9.17) is 4.74 Å². The number of hydrogen-bond acceptors (Lipinski definition) is 3. The molecule has 1 unspecified atom stereocenters. The maximum Gasteiger partial charge on any atom is 0.191 e. The maximum absolute atomic E-state index is 5.65.